The van der Waals surface area contributed by atoms with Gasteiger partial charge in [0.2, 0.25) is 5.91 Å². The molecule has 3 fully saturated rings. The van der Waals surface area contributed by atoms with Crippen molar-refractivity contribution in [2.75, 3.05) is 26.2 Å². The summed E-state index contributed by atoms with van der Waals surface area (Å²) in [5.41, 5.74) is 0.892. The molecule has 1 aromatic rings. The summed E-state index contributed by atoms with van der Waals surface area (Å²) in [5, 5.41) is 0. The van der Waals surface area contributed by atoms with Gasteiger partial charge in [0.1, 0.15) is 0 Å². The molecule has 3 nitrogen and oxygen atoms in total. The molecule has 1 atom stereocenters. The molecule has 3 aliphatic rings. The number of likely N-dealkylation sites (tertiary alicyclic amines) is 2. The molecule has 2 heterocycles. The summed E-state index contributed by atoms with van der Waals surface area (Å²) in [6, 6.07) is 4.42. The minimum Gasteiger partial charge on any atom is -0.342 e. The van der Waals surface area contributed by atoms with Crippen LogP contribution in [0.25, 0.3) is 0 Å². The Hall–Kier alpha value is -1.49. The summed E-state index contributed by atoms with van der Waals surface area (Å²) in [7, 11) is 0. The van der Waals surface area contributed by atoms with Crippen LogP contribution in [0.4, 0.5) is 8.78 Å². The van der Waals surface area contributed by atoms with Crippen molar-refractivity contribution in [3.8, 4) is 0 Å². The van der Waals surface area contributed by atoms with E-state index < -0.39 is 11.6 Å². The van der Waals surface area contributed by atoms with Crippen molar-refractivity contribution in [3.05, 3.63) is 35.4 Å². The van der Waals surface area contributed by atoms with Gasteiger partial charge in [0.15, 0.2) is 11.6 Å². The summed E-state index contributed by atoms with van der Waals surface area (Å²) < 4.78 is 27.3. The average Bonchev–Trinajstić information content (AvgIpc) is 3.23. The van der Waals surface area contributed by atoms with E-state index in [1.807, 2.05) is 0 Å². The van der Waals surface area contributed by atoms with Crippen molar-refractivity contribution < 1.29 is 13.6 Å². The number of hydrogen-bond acceptors (Lipinski definition) is 2. The van der Waals surface area contributed by atoms with E-state index in [4.69, 9.17) is 0 Å². The molecule has 1 aromatic carbocycles. The molecule has 1 aliphatic carbocycles. The molecule has 0 radical (unpaired) electrons. The van der Waals surface area contributed by atoms with Gasteiger partial charge in [0.05, 0.1) is 0 Å². The van der Waals surface area contributed by atoms with Gasteiger partial charge in [-0.25, -0.2) is 8.78 Å². The number of carbonyl (C=O) groups excluding carboxylic acids is 1. The third kappa shape index (κ3) is 4.56. The number of halogens is 2. The summed E-state index contributed by atoms with van der Waals surface area (Å²) in [4.78, 5) is 16.8. The van der Waals surface area contributed by atoms with Crippen LogP contribution < -0.4 is 0 Å². The van der Waals surface area contributed by atoms with Crippen LogP contribution >= 0.6 is 0 Å². The van der Waals surface area contributed by atoms with Crippen LogP contribution in [0.15, 0.2) is 18.2 Å². The first-order chi connectivity index (χ1) is 13.4. The van der Waals surface area contributed by atoms with E-state index in [-0.39, 0.29) is 0 Å². The highest BCUT2D eigenvalue weighted by molar-refractivity contribution is 5.76. The second-order valence-corrected chi connectivity index (χ2v) is 9.53. The Kier molecular flexibility index (Phi) is 5.73. The Morgan fingerprint density at radius 1 is 1.11 bits per heavy atom. The van der Waals surface area contributed by atoms with Crippen LogP contribution in [0.3, 0.4) is 0 Å². The van der Waals surface area contributed by atoms with Crippen LogP contribution in [-0.4, -0.2) is 41.9 Å². The fourth-order valence-corrected chi connectivity index (χ4v) is 4.92. The van der Waals surface area contributed by atoms with Crippen molar-refractivity contribution in [1.29, 1.82) is 0 Å². The van der Waals surface area contributed by atoms with Gasteiger partial charge < -0.3 is 4.90 Å². The third-order valence-electron chi connectivity index (χ3n) is 7.35. The van der Waals surface area contributed by atoms with Gasteiger partial charge in [-0.3, -0.25) is 9.69 Å². The van der Waals surface area contributed by atoms with E-state index in [1.54, 1.807) is 12.1 Å². The molecular weight excluding hydrogens is 358 g/mol. The maximum atomic E-state index is 13.9. The quantitative estimate of drug-likeness (QED) is 0.708. The molecule has 154 valence electrons. The van der Waals surface area contributed by atoms with Crippen molar-refractivity contribution in [2.45, 2.75) is 58.4 Å². The Balaban J connectivity index is 1.22. The van der Waals surface area contributed by atoms with E-state index in [9.17, 15) is 13.6 Å². The highest BCUT2D eigenvalue weighted by atomic mass is 19.2. The largest absolute Gasteiger partial charge is 0.342 e. The lowest BCUT2D eigenvalue weighted by molar-refractivity contribution is -0.130. The maximum Gasteiger partial charge on any atom is 0.222 e. The zero-order chi connectivity index (χ0) is 19.7. The van der Waals surface area contributed by atoms with Crippen LogP contribution in [0.5, 0.6) is 0 Å². The van der Waals surface area contributed by atoms with Crippen molar-refractivity contribution in [1.82, 2.24) is 9.80 Å². The lowest BCUT2D eigenvalue weighted by atomic mass is 9.83. The lowest BCUT2D eigenvalue weighted by Crippen LogP contribution is -2.37. The summed E-state index contributed by atoms with van der Waals surface area (Å²) in [5.74, 6) is 0.115. The molecule has 5 heteroatoms. The zero-order valence-electron chi connectivity index (χ0n) is 16.9. The molecule has 4 rings (SSSR count). The number of piperidine rings is 1. The molecular formula is C23H32F2N2O. The fraction of sp³-hybridized carbons (Fsp3) is 0.696. The number of amides is 1. The van der Waals surface area contributed by atoms with Gasteiger partial charge in [-0.2, -0.15) is 0 Å². The molecule has 0 N–H and O–H groups in total. The van der Waals surface area contributed by atoms with Gasteiger partial charge >= 0.3 is 0 Å². The normalized spacial score (nSPS) is 25.2. The van der Waals surface area contributed by atoms with E-state index >= 15 is 0 Å². The van der Waals surface area contributed by atoms with Crippen LogP contribution in [0, 0.1) is 28.9 Å². The molecule has 1 saturated carbocycles. The monoisotopic (exact) mass is 390 g/mol. The molecule has 1 amide bonds. The number of rotatable bonds is 6. The Bertz CT molecular complexity index is 711. The molecule has 2 saturated heterocycles. The average molecular weight is 391 g/mol. The number of carbonyl (C=O) groups is 1. The molecule has 28 heavy (non-hydrogen) atoms. The zero-order valence-corrected chi connectivity index (χ0v) is 16.9. The van der Waals surface area contributed by atoms with E-state index in [0.29, 0.717) is 41.7 Å². The molecule has 2 aliphatic heterocycles. The van der Waals surface area contributed by atoms with Gasteiger partial charge in [-0.15, -0.1) is 0 Å². The highest BCUT2D eigenvalue weighted by Crippen LogP contribution is 2.49. The van der Waals surface area contributed by atoms with Crippen LogP contribution in [0.2, 0.25) is 0 Å². The number of hydrogen-bond donors (Lipinski definition) is 0. The Labute approximate surface area is 167 Å². The van der Waals surface area contributed by atoms with Crippen LogP contribution in [0.1, 0.15) is 57.4 Å². The standard InChI is InChI=1S/C23H32F2N2O/c1-23(10-11-23)9-5-21(28)27-14-8-18(16-27)17-6-12-26(13-7-17)15-19-3-2-4-20(24)22(19)25/h2-4,17-18H,5-16H2,1H3. The lowest BCUT2D eigenvalue weighted by Gasteiger charge is -2.35. The molecule has 0 bridgehead atoms. The van der Waals surface area contributed by atoms with Gasteiger partial charge in [-0.1, -0.05) is 19.1 Å². The summed E-state index contributed by atoms with van der Waals surface area (Å²) >= 11 is 0. The first kappa shape index (κ1) is 19.8. The van der Waals surface area contributed by atoms with E-state index in [0.717, 1.165) is 51.9 Å². The molecule has 1 unspecified atom stereocenters. The Morgan fingerprint density at radius 3 is 2.54 bits per heavy atom. The van der Waals surface area contributed by atoms with E-state index in [1.165, 1.54) is 18.9 Å². The van der Waals surface area contributed by atoms with Crippen molar-refractivity contribution in [2.24, 2.45) is 17.3 Å². The van der Waals surface area contributed by atoms with Gasteiger partial charge in [0.25, 0.3) is 0 Å². The smallest absolute Gasteiger partial charge is 0.222 e. The van der Waals surface area contributed by atoms with Gasteiger partial charge in [0, 0.05) is 31.6 Å². The number of benzene rings is 1. The minimum atomic E-state index is -0.765. The van der Waals surface area contributed by atoms with E-state index in [2.05, 4.69) is 16.7 Å². The second-order valence-electron chi connectivity index (χ2n) is 9.53. The van der Waals surface area contributed by atoms with Crippen molar-refractivity contribution in [3.63, 3.8) is 0 Å². The van der Waals surface area contributed by atoms with Crippen LogP contribution in [-0.2, 0) is 11.3 Å². The second kappa shape index (κ2) is 8.10. The summed E-state index contributed by atoms with van der Waals surface area (Å²) in [6.45, 7) is 6.43. The van der Waals surface area contributed by atoms with Gasteiger partial charge in [-0.05, 0) is 74.9 Å². The predicted molar refractivity (Wildman–Crippen MR) is 106 cm³/mol. The number of nitrogens with zero attached hydrogens (tertiary/aromatic N) is 2. The minimum absolute atomic E-state index is 0.342. The molecule has 0 aromatic heterocycles. The third-order valence-corrected chi connectivity index (χ3v) is 7.35. The molecule has 0 spiro atoms. The topological polar surface area (TPSA) is 23.6 Å². The van der Waals surface area contributed by atoms with Crippen molar-refractivity contribution >= 4 is 5.91 Å². The SMILES string of the molecule is CC1(CCC(=O)N2CCC(C3CCN(Cc4cccc(F)c4F)CC3)C2)CC1. The first-order valence-corrected chi connectivity index (χ1v) is 10.9. The predicted octanol–water partition coefficient (Wildman–Crippen LogP) is 4.61. The fourth-order valence-electron chi connectivity index (χ4n) is 4.92. The summed E-state index contributed by atoms with van der Waals surface area (Å²) in [6.07, 6.45) is 7.60. The highest BCUT2D eigenvalue weighted by Gasteiger charge is 2.38. The maximum absolute atomic E-state index is 13.9. The first-order valence-electron chi connectivity index (χ1n) is 10.9. The Morgan fingerprint density at radius 2 is 1.82 bits per heavy atom.